The number of aryl methyl sites for hydroxylation is 2. The molecule has 4 aromatic heterocycles. The lowest BCUT2D eigenvalue weighted by atomic mass is 9.85. The summed E-state index contributed by atoms with van der Waals surface area (Å²) in [4.78, 5) is 170. The minimum atomic E-state index is -1.88. The number of benzene rings is 2. The van der Waals surface area contributed by atoms with E-state index in [4.69, 9.17) is 71.5 Å². The largest absolute Gasteiger partial charge is 0.508 e. The Morgan fingerprint density at radius 1 is 0.412 bits per heavy atom. The number of aromatic nitrogens is 4. The third-order valence-corrected chi connectivity index (χ3v) is 23.4. The topological polar surface area (TPSA) is 456 Å². The number of ether oxygens (including phenoxy) is 13. The van der Waals surface area contributed by atoms with Crippen molar-refractivity contribution in [3.8, 4) is 34.3 Å². The minimum absolute atomic E-state index is 0.00107. The Morgan fingerprint density at radius 3 is 1.11 bits per heavy atom. The highest BCUT2D eigenvalue weighted by atomic mass is 16.6. The van der Waals surface area contributed by atoms with Crippen LogP contribution in [0.3, 0.4) is 0 Å². The Kier molecular flexibility index (Phi) is 39.3. The maximum atomic E-state index is 14.1. The molecule has 6 amide bonds. The lowest BCUT2D eigenvalue weighted by molar-refractivity contribution is -0.189. The molecule has 2 aromatic carbocycles. The van der Waals surface area contributed by atoms with Crippen molar-refractivity contribution in [3.63, 3.8) is 0 Å². The number of phenols is 2. The zero-order valence-electron chi connectivity index (χ0n) is 75.5. The van der Waals surface area contributed by atoms with Gasteiger partial charge in [0.1, 0.15) is 24.7 Å². The first-order valence-corrected chi connectivity index (χ1v) is 45.8. The summed E-state index contributed by atoms with van der Waals surface area (Å²) in [6.45, 7) is 17.0. The zero-order valence-corrected chi connectivity index (χ0v) is 75.5. The summed E-state index contributed by atoms with van der Waals surface area (Å²) < 4.78 is 77.1. The van der Waals surface area contributed by atoms with Crippen LogP contribution in [0, 0.1) is 0 Å². The van der Waals surface area contributed by atoms with Crippen molar-refractivity contribution in [2.45, 2.75) is 181 Å². The summed E-state index contributed by atoms with van der Waals surface area (Å²) in [5, 5.41) is 33.6. The van der Waals surface area contributed by atoms with Gasteiger partial charge in [-0.3, -0.25) is 52.8 Å². The van der Waals surface area contributed by atoms with E-state index >= 15 is 0 Å². The van der Waals surface area contributed by atoms with E-state index in [1.54, 1.807) is 71.5 Å². The summed E-state index contributed by atoms with van der Waals surface area (Å²) in [5.74, 6) is -4.22. The number of carbonyl (C=O) groups is 10. The fourth-order valence-corrected chi connectivity index (χ4v) is 16.5. The van der Waals surface area contributed by atoms with E-state index in [0.717, 1.165) is 33.0 Å². The molecule has 131 heavy (non-hydrogen) atoms. The van der Waals surface area contributed by atoms with E-state index in [1.165, 1.54) is 17.1 Å². The van der Waals surface area contributed by atoms with Gasteiger partial charge in [-0.25, -0.2) is 19.6 Å². The number of imide groups is 1. The predicted octanol–water partition coefficient (Wildman–Crippen LogP) is 6.11. The fourth-order valence-electron chi connectivity index (χ4n) is 16.5. The molecule has 712 valence electrons. The molecule has 37 heteroatoms. The molecule has 0 aliphatic carbocycles. The van der Waals surface area contributed by atoms with Gasteiger partial charge in [-0.05, 0) is 137 Å². The molecule has 0 spiro atoms. The van der Waals surface area contributed by atoms with Gasteiger partial charge >= 0.3 is 23.9 Å². The van der Waals surface area contributed by atoms with Gasteiger partial charge in [0.25, 0.3) is 22.9 Å². The van der Waals surface area contributed by atoms with Crippen LogP contribution in [-0.4, -0.2) is 270 Å². The summed E-state index contributed by atoms with van der Waals surface area (Å²) in [5.41, 5.74) is 3.47. The second-order valence-corrected chi connectivity index (χ2v) is 32.3. The summed E-state index contributed by atoms with van der Waals surface area (Å²) >= 11 is 0. The van der Waals surface area contributed by atoms with Gasteiger partial charge in [-0.1, -0.05) is 27.7 Å². The SMILES string of the molecule is CCc1c2c(nc3ccc(O)cc13)-c1cc3c(c(=O)n1C2)COC(=O)[C@]3(CC)OC(=O)CCCC(=O)NCCCOCCOCCOCCCNC(=O)CCN(CCCOCCOCCOCCCN1C(=O)C=CC1=O)CCC(=O)NCCCOCCOCCOCCCNC(=O)CCCC(=O)O[C@@]1(CC)C(=O)OCc2c1cc1n(c2=O)Cc2c-1nc1ccc(O)cc1c2CC. The van der Waals surface area contributed by atoms with Gasteiger partial charge < -0.3 is 107 Å². The molecular weight excluding hydrogens is 1700 g/mol. The third-order valence-electron chi connectivity index (χ3n) is 23.4. The van der Waals surface area contributed by atoms with Crippen LogP contribution in [0.1, 0.15) is 175 Å². The van der Waals surface area contributed by atoms with Crippen molar-refractivity contribution < 1.29 is 120 Å². The number of cyclic esters (lactones) is 2. The summed E-state index contributed by atoms with van der Waals surface area (Å²) in [6.07, 6.45) is 7.66. The number of nitrogens with zero attached hydrogens (tertiary/aromatic N) is 6. The van der Waals surface area contributed by atoms with Gasteiger partial charge in [0, 0.05) is 176 Å². The first kappa shape index (κ1) is 101. The second-order valence-electron chi connectivity index (χ2n) is 32.3. The number of carbonyl (C=O) groups excluding carboxylic acids is 10. The van der Waals surface area contributed by atoms with Crippen molar-refractivity contribution in [1.29, 1.82) is 0 Å². The van der Waals surface area contributed by atoms with Crippen LogP contribution in [0.15, 0.2) is 70.3 Å². The van der Waals surface area contributed by atoms with Gasteiger partial charge in [0.05, 0.1) is 137 Å². The number of phenolic OH excluding ortho intramolecular Hbond substituents is 2. The van der Waals surface area contributed by atoms with Crippen molar-refractivity contribution >= 4 is 81.1 Å². The minimum Gasteiger partial charge on any atom is -0.508 e. The van der Waals surface area contributed by atoms with E-state index in [9.17, 15) is 67.7 Å². The average Bonchev–Trinajstić information content (AvgIpc) is 1.61. The molecule has 0 saturated heterocycles. The Balaban J connectivity index is 0.483. The van der Waals surface area contributed by atoms with Crippen LogP contribution < -0.4 is 32.4 Å². The molecule has 5 aliphatic rings. The van der Waals surface area contributed by atoms with Crippen molar-refractivity contribution in [3.05, 3.63) is 126 Å². The van der Waals surface area contributed by atoms with Crippen LogP contribution in [0.4, 0.5) is 0 Å². The molecule has 9 heterocycles. The lowest BCUT2D eigenvalue weighted by Gasteiger charge is -2.35. The molecule has 0 saturated carbocycles. The molecule has 0 fully saturated rings. The highest BCUT2D eigenvalue weighted by molar-refractivity contribution is 6.13. The van der Waals surface area contributed by atoms with E-state index in [2.05, 4.69) is 26.2 Å². The average molecular weight is 1830 g/mol. The molecule has 6 aromatic rings. The molecule has 0 radical (unpaired) electrons. The number of hydrogen-bond acceptors (Lipinski definition) is 30. The van der Waals surface area contributed by atoms with Gasteiger partial charge in [0.2, 0.25) is 34.8 Å². The second kappa shape index (κ2) is 51.1. The quantitative estimate of drug-likeness (QED) is 0.0108. The molecule has 11 rings (SSSR count). The smallest absolute Gasteiger partial charge is 0.355 e. The van der Waals surface area contributed by atoms with Crippen LogP contribution in [-0.2, 0) is 160 Å². The van der Waals surface area contributed by atoms with E-state index in [0.29, 0.717) is 256 Å². The van der Waals surface area contributed by atoms with Crippen molar-refractivity contribution in [2.75, 3.05) is 171 Å². The standard InChI is InChI=1S/C94H124N10O27/c1-5-65-67-55-63(105)21-23-75(67)99-87-69(65)59-103-77(87)57-73-71(89(103)115)61-128-91(117)93(73,7-3)130-85(113)19-9-17-79(107)95-29-11-37-119-43-49-125-51-45-121-39-13-31-97-81(109)27-35-101(33-15-41-123-47-53-127-54-48-124-42-16-34-102-83(111)25-26-84(102)112)36-28-82(110)98-32-14-40-122-46-52-126-50-44-120-38-12-30-96-80(108)18-10-20-86(114)131-94(8-4)74-58-78-88-70(60-104(78)90(116)72(74)62-129-92(94)118)66(6-2)68-56-64(106)22-24-76(68)100-88/h21-26,55-58,105-106H,5-20,27-54,59-62H2,1-4H3,(H,95,107)(H,96,108)(H,97,109)(H,98,110)/t93-,94-/m1/s1. The third kappa shape index (κ3) is 27.4. The number of aromatic hydroxyl groups is 2. The summed E-state index contributed by atoms with van der Waals surface area (Å²) in [6, 6.07) is 13.3. The summed E-state index contributed by atoms with van der Waals surface area (Å²) in [7, 11) is 0. The molecule has 6 N–H and O–H groups in total. The first-order valence-electron chi connectivity index (χ1n) is 45.8. The number of nitrogens with one attached hydrogen (secondary N) is 4. The van der Waals surface area contributed by atoms with Gasteiger partial charge in [-0.15, -0.1) is 0 Å². The van der Waals surface area contributed by atoms with Crippen molar-refractivity contribution in [1.82, 2.24) is 50.2 Å². The van der Waals surface area contributed by atoms with E-state index < -0.39 is 35.1 Å². The Bertz CT molecular complexity index is 4850. The fraction of sp³-hybridized carbons (Fsp3) is 0.574. The van der Waals surface area contributed by atoms with Crippen LogP contribution in [0.2, 0.25) is 0 Å². The number of esters is 4. The number of fused-ring (bicyclic) bond motifs is 10. The zero-order chi connectivity index (χ0) is 93.1. The number of amides is 6. The number of pyridine rings is 4. The molecule has 0 bridgehead atoms. The Hall–Kier alpha value is -11.0. The maximum absolute atomic E-state index is 14.1. The van der Waals surface area contributed by atoms with Crippen LogP contribution >= 0.6 is 0 Å². The highest BCUT2D eigenvalue weighted by Crippen LogP contribution is 2.45. The monoisotopic (exact) mass is 1820 g/mol. The van der Waals surface area contributed by atoms with E-state index in [-0.39, 0.29) is 171 Å². The molecule has 37 nitrogen and oxygen atoms in total. The van der Waals surface area contributed by atoms with Gasteiger partial charge in [-0.2, -0.15) is 0 Å². The highest BCUT2D eigenvalue weighted by Gasteiger charge is 2.52. The van der Waals surface area contributed by atoms with E-state index in [1.807, 2.05) is 13.8 Å². The molecule has 0 unspecified atom stereocenters. The predicted molar refractivity (Wildman–Crippen MR) is 475 cm³/mol. The molecule has 2 atom stereocenters. The number of rotatable bonds is 62. The Labute approximate surface area is 759 Å². The molecular formula is C94H124N10O27. The van der Waals surface area contributed by atoms with Crippen LogP contribution in [0.25, 0.3) is 44.6 Å². The van der Waals surface area contributed by atoms with Crippen LogP contribution in [0.5, 0.6) is 11.5 Å². The van der Waals surface area contributed by atoms with Crippen molar-refractivity contribution in [2.24, 2.45) is 0 Å². The normalized spacial score (nSPS) is 15.7. The maximum Gasteiger partial charge on any atom is 0.355 e. The first-order chi connectivity index (χ1) is 63.6. The van der Waals surface area contributed by atoms with Gasteiger partial charge in [0.15, 0.2) is 0 Å². The number of hydrogen-bond donors (Lipinski definition) is 6. The Morgan fingerprint density at radius 2 is 0.756 bits per heavy atom. The molecule has 5 aliphatic heterocycles. The lowest BCUT2D eigenvalue weighted by Crippen LogP contribution is -2.47.